The SMILES string of the molecule is C=C[C@H]1CC[C@H](Cn2c(C(F)C3CCCCC3)nc3nc(C4=NOC(O)N4)nc(-c4cccc(Cl)c4)c32)CC1. The molecule has 0 amide bonds. The Morgan fingerprint density at radius 1 is 1.13 bits per heavy atom. The van der Waals surface area contributed by atoms with Gasteiger partial charge in [0.15, 0.2) is 11.8 Å². The highest BCUT2D eigenvalue weighted by Gasteiger charge is 2.33. The highest BCUT2D eigenvalue weighted by Crippen LogP contribution is 2.40. The lowest BCUT2D eigenvalue weighted by Gasteiger charge is -2.29. The summed E-state index contributed by atoms with van der Waals surface area (Å²) in [7, 11) is 0. The third-order valence-electron chi connectivity index (χ3n) is 8.42. The van der Waals surface area contributed by atoms with E-state index in [4.69, 9.17) is 26.4 Å². The lowest BCUT2D eigenvalue weighted by Crippen LogP contribution is -2.30. The summed E-state index contributed by atoms with van der Waals surface area (Å²) < 4.78 is 18.4. The maximum atomic E-state index is 16.4. The summed E-state index contributed by atoms with van der Waals surface area (Å²) in [5.74, 6) is 1.71. The average molecular weight is 553 g/mol. The van der Waals surface area contributed by atoms with E-state index in [-0.39, 0.29) is 17.6 Å². The second-order valence-electron chi connectivity index (χ2n) is 11.0. The Labute approximate surface area is 232 Å². The van der Waals surface area contributed by atoms with Crippen molar-refractivity contribution in [3.8, 4) is 11.3 Å². The van der Waals surface area contributed by atoms with Gasteiger partial charge in [-0.3, -0.25) is 0 Å². The molecule has 2 fully saturated rings. The van der Waals surface area contributed by atoms with E-state index in [2.05, 4.69) is 28.1 Å². The molecule has 10 heteroatoms. The summed E-state index contributed by atoms with van der Waals surface area (Å²) in [6.07, 6.45) is 8.85. The number of nitrogens with zero attached hydrogens (tertiary/aromatic N) is 5. The van der Waals surface area contributed by atoms with E-state index in [9.17, 15) is 5.11 Å². The minimum absolute atomic E-state index is 0.0581. The minimum Gasteiger partial charge on any atom is -0.340 e. The van der Waals surface area contributed by atoms with Crippen LogP contribution in [0.3, 0.4) is 0 Å². The molecule has 0 spiro atoms. The van der Waals surface area contributed by atoms with Crippen molar-refractivity contribution >= 4 is 28.6 Å². The van der Waals surface area contributed by atoms with Crippen LogP contribution >= 0.6 is 11.6 Å². The lowest BCUT2D eigenvalue weighted by atomic mass is 9.82. The second kappa shape index (κ2) is 11.2. The number of amidine groups is 1. The minimum atomic E-state index is -1.28. The molecular formula is C29H34ClFN6O2. The first-order valence-corrected chi connectivity index (χ1v) is 14.4. The van der Waals surface area contributed by atoms with Crippen molar-refractivity contribution < 1.29 is 14.3 Å². The number of hydrogen-bond donors (Lipinski definition) is 2. The zero-order chi connectivity index (χ0) is 26.9. The summed E-state index contributed by atoms with van der Waals surface area (Å²) >= 11 is 6.39. The molecule has 206 valence electrons. The number of halogens is 2. The van der Waals surface area contributed by atoms with Crippen LogP contribution in [0.2, 0.25) is 5.02 Å². The molecule has 3 heterocycles. The number of aromatic nitrogens is 4. The number of rotatable bonds is 7. The van der Waals surface area contributed by atoms with Crippen molar-refractivity contribution in [2.75, 3.05) is 0 Å². The van der Waals surface area contributed by atoms with Gasteiger partial charge in [-0.1, -0.05) is 54.2 Å². The van der Waals surface area contributed by atoms with Gasteiger partial charge in [0.25, 0.3) is 0 Å². The first-order valence-electron chi connectivity index (χ1n) is 14.0. The molecule has 0 radical (unpaired) electrons. The van der Waals surface area contributed by atoms with Gasteiger partial charge in [-0.25, -0.2) is 19.3 Å². The Kier molecular flexibility index (Phi) is 7.53. The van der Waals surface area contributed by atoms with E-state index in [0.717, 1.165) is 63.4 Å². The Hall–Kier alpha value is -3.04. The molecule has 1 aliphatic heterocycles. The third-order valence-corrected chi connectivity index (χ3v) is 8.66. The number of aliphatic hydroxyl groups excluding tert-OH is 1. The van der Waals surface area contributed by atoms with Gasteiger partial charge in [0.05, 0.1) is 0 Å². The van der Waals surface area contributed by atoms with E-state index >= 15 is 4.39 Å². The Balaban J connectivity index is 1.51. The van der Waals surface area contributed by atoms with E-state index in [1.165, 1.54) is 0 Å². The number of imidazole rings is 1. The van der Waals surface area contributed by atoms with Crippen molar-refractivity contribution in [1.82, 2.24) is 24.8 Å². The normalized spacial score (nSPS) is 24.7. The van der Waals surface area contributed by atoms with Crippen LogP contribution in [-0.4, -0.2) is 36.9 Å². The lowest BCUT2D eigenvalue weighted by molar-refractivity contribution is -0.0896. The van der Waals surface area contributed by atoms with Crippen molar-refractivity contribution in [3.05, 3.63) is 53.6 Å². The summed E-state index contributed by atoms with van der Waals surface area (Å²) in [5.41, 5.74) is 2.46. The molecule has 1 aromatic carbocycles. The molecule has 2 aliphatic carbocycles. The monoisotopic (exact) mass is 552 g/mol. The molecule has 2 aromatic heterocycles. The fourth-order valence-corrected chi connectivity index (χ4v) is 6.46. The van der Waals surface area contributed by atoms with Gasteiger partial charge < -0.3 is 19.8 Å². The highest BCUT2D eigenvalue weighted by atomic mass is 35.5. The van der Waals surface area contributed by atoms with Gasteiger partial charge >= 0.3 is 6.41 Å². The molecular weight excluding hydrogens is 519 g/mol. The van der Waals surface area contributed by atoms with Gasteiger partial charge in [-0.2, -0.15) is 0 Å². The Morgan fingerprint density at radius 3 is 2.62 bits per heavy atom. The first kappa shape index (κ1) is 26.2. The number of alkyl halides is 1. The molecule has 6 rings (SSSR count). The van der Waals surface area contributed by atoms with Crippen LogP contribution in [-0.2, 0) is 11.4 Å². The molecule has 2 atom stereocenters. The highest BCUT2D eigenvalue weighted by molar-refractivity contribution is 6.30. The van der Waals surface area contributed by atoms with Gasteiger partial charge in [0.2, 0.25) is 11.7 Å². The van der Waals surface area contributed by atoms with Crippen molar-refractivity contribution in [2.24, 2.45) is 22.9 Å². The first-order chi connectivity index (χ1) is 19.0. The number of oxime groups is 1. The third kappa shape index (κ3) is 5.39. The molecule has 0 bridgehead atoms. The zero-order valence-corrected chi connectivity index (χ0v) is 22.7. The van der Waals surface area contributed by atoms with Crippen LogP contribution < -0.4 is 5.32 Å². The number of fused-ring (bicyclic) bond motifs is 1. The van der Waals surface area contributed by atoms with E-state index in [1.54, 1.807) is 6.07 Å². The van der Waals surface area contributed by atoms with Crippen LogP contribution in [0.25, 0.3) is 22.4 Å². The predicted octanol–water partition coefficient (Wildman–Crippen LogP) is 6.29. The fourth-order valence-electron chi connectivity index (χ4n) is 6.27. The smallest absolute Gasteiger partial charge is 0.305 e. The van der Waals surface area contributed by atoms with E-state index in [0.29, 0.717) is 46.1 Å². The Bertz CT molecular complexity index is 1380. The fraction of sp³-hybridized carbons (Fsp3) is 0.517. The molecule has 3 aliphatic rings. The van der Waals surface area contributed by atoms with Crippen molar-refractivity contribution in [3.63, 3.8) is 0 Å². The number of benzene rings is 1. The number of hydrogen-bond acceptors (Lipinski definition) is 7. The molecule has 0 saturated heterocycles. The average Bonchev–Trinajstić information content (AvgIpc) is 3.56. The standard InChI is InChI=1S/C29H34ClFN6O2/c1-2-17-11-13-18(14-12-17)16-37-24-23(20-9-6-10-21(30)15-20)32-26(27-35-29(38)39-36-27)33-25(24)34-28(37)22(31)19-7-4-3-5-8-19/h2,6,9-10,15,17-19,22,29,38H,1,3-5,7-8,11-14,16H2,(H,35,36)/t17-,18-,22?,29?. The number of aliphatic hydroxyl groups is 1. The molecule has 2 N–H and O–H groups in total. The topological polar surface area (TPSA) is 97.5 Å². The molecule has 8 nitrogen and oxygen atoms in total. The van der Waals surface area contributed by atoms with Crippen LogP contribution in [0.4, 0.5) is 4.39 Å². The van der Waals surface area contributed by atoms with Gasteiger partial charge in [0.1, 0.15) is 17.0 Å². The number of allylic oxidation sites excluding steroid dienone is 1. The second-order valence-corrected chi connectivity index (χ2v) is 11.5. The van der Waals surface area contributed by atoms with Crippen LogP contribution in [0.1, 0.15) is 75.6 Å². The van der Waals surface area contributed by atoms with Crippen molar-refractivity contribution in [1.29, 1.82) is 0 Å². The summed E-state index contributed by atoms with van der Waals surface area (Å²) in [6, 6.07) is 7.43. The summed E-state index contributed by atoms with van der Waals surface area (Å²) in [4.78, 5) is 19.3. The van der Waals surface area contributed by atoms with Gasteiger partial charge in [0, 0.05) is 17.1 Å². The van der Waals surface area contributed by atoms with E-state index < -0.39 is 12.6 Å². The zero-order valence-electron chi connectivity index (χ0n) is 21.9. The van der Waals surface area contributed by atoms with Gasteiger partial charge in [-0.15, -0.1) is 6.58 Å². The quantitative estimate of drug-likeness (QED) is 0.334. The van der Waals surface area contributed by atoms with Crippen LogP contribution in [0.5, 0.6) is 0 Å². The Morgan fingerprint density at radius 2 is 1.92 bits per heavy atom. The molecule has 3 aromatic rings. The van der Waals surface area contributed by atoms with Crippen LogP contribution in [0, 0.1) is 17.8 Å². The summed E-state index contributed by atoms with van der Waals surface area (Å²) in [5, 5.41) is 16.9. The summed E-state index contributed by atoms with van der Waals surface area (Å²) in [6.45, 7) is 4.63. The molecule has 2 unspecified atom stereocenters. The van der Waals surface area contributed by atoms with Crippen LogP contribution in [0.15, 0.2) is 42.1 Å². The van der Waals surface area contributed by atoms with Crippen molar-refractivity contribution in [2.45, 2.75) is 76.9 Å². The predicted molar refractivity (Wildman–Crippen MR) is 149 cm³/mol. The van der Waals surface area contributed by atoms with E-state index in [1.807, 2.05) is 22.8 Å². The maximum absolute atomic E-state index is 16.4. The maximum Gasteiger partial charge on any atom is 0.305 e. The number of nitrogens with one attached hydrogen (secondary N) is 1. The van der Waals surface area contributed by atoms with Gasteiger partial charge in [-0.05, 0) is 68.4 Å². The molecule has 2 saturated carbocycles. The largest absolute Gasteiger partial charge is 0.340 e. The molecule has 39 heavy (non-hydrogen) atoms.